The molecular weight excluding hydrogens is 302 g/mol. The lowest BCUT2D eigenvalue weighted by molar-refractivity contribution is 0.0977. The van der Waals surface area contributed by atoms with Gasteiger partial charge in [0.25, 0.3) is 5.91 Å². The molecule has 0 saturated carbocycles. The van der Waals surface area contributed by atoms with Crippen LogP contribution in [0, 0.1) is 0 Å². The summed E-state index contributed by atoms with van der Waals surface area (Å²) in [7, 11) is 0. The van der Waals surface area contributed by atoms with Crippen LogP contribution in [-0.2, 0) is 0 Å². The van der Waals surface area contributed by atoms with Crippen molar-refractivity contribution >= 4 is 11.6 Å². The van der Waals surface area contributed by atoms with Crippen molar-refractivity contribution in [3.05, 3.63) is 66.2 Å². The van der Waals surface area contributed by atoms with Gasteiger partial charge in [0.15, 0.2) is 11.6 Å². The van der Waals surface area contributed by atoms with E-state index in [-0.39, 0.29) is 11.8 Å². The van der Waals surface area contributed by atoms with Crippen LogP contribution in [0.3, 0.4) is 0 Å². The minimum Gasteiger partial charge on any atom is -0.305 e. The van der Waals surface area contributed by atoms with Crippen LogP contribution in [0.4, 0.5) is 5.69 Å². The normalized spacial score (nSPS) is 16.8. The topological polar surface area (TPSA) is 71.9 Å². The maximum Gasteiger partial charge on any atom is 0.258 e. The van der Waals surface area contributed by atoms with Crippen LogP contribution < -0.4 is 4.90 Å². The number of hydrogen-bond donors (Lipinski definition) is 0. The van der Waals surface area contributed by atoms with Crippen molar-refractivity contribution in [2.75, 3.05) is 11.4 Å². The third-order valence-corrected chi connectivity index (χ3v) is 4.14. The summed E-state index contributed by atoms with van der Waals surface area (Å²) < 4.78 is 0. The summed E-state index contributed by atoms with van der Waals surface area (Å²) in [6.45, 7) is 2.73. The van der Waals surface area contributed by atoms with Crippen molar-refractivity contribution in [2.24, 2.45) is 0 Å². The van der Waals surface area contributed by atoms with Crippen molar-refractivity contribution < 1.29 is 4.79 Å². The first kappa shape index (κ1) is 14.4. The summed E-state index contributed by atoms with van der Waals surface area (Å²) in [6.07, 6.45) is 6.59. The van der Waals surface area contributed by atoms with Crippen LogP contribution in [0.15, 0.2) is 55.1 Å². The lowest BCUT2D eigenvalue weighted by atomic mass is 9.90. The molecule has 3 heterocycles. The highest BCUT2D eigenvalue weighted by Gasteiger charge is 2.29. The largest absolute Gasteiger partial charge is 0.305 e. The Balaban J connectivity index is 1.66. The van der Waals surface area contributed by atoms with Gasteiger partial charge in [-0.25, -0.2) is 19.9 Å². The number of anilines is 1. The molecule has 0 fully saturated rings. The number of nitrogens with zero attached hydrogens (tertiary/aromatic N) is 5. The summed E-state index contributed by atoms with van der Waals surface area (Å²) >= 11 is 0. The molecule has 0 bridgehead atoms. The molecule has 0 radical (unpaired) electrons. The number of fused-ring (bicyclic) bond motifs is 1. The van der Waals surface area contributed by atoms with E-state index in [0.717, 1.165) is 11.1 Å². The van der Waals surface area contributed by atoms with Crippen LogP contribution in [-0.4, -0.2) is 32.4 Å². The molecule has 0 N–H and O–H groups in total. The second-order valence-corrected chi connectivity index (χ2v) is 5.74. The number of aromatic nitrogens is 4. The van der Waals surface area contributed by atoms with E-state index in [1.165, 1.54) is 0 Å². The van der Waals surface area contributed by atoms with Crippen molar-refractivity contribution in [3.63, 3.8) is 0 Å². The Morgan fingerprint density at radius 1 is 0.958 bits per heavy atom. The van der Waals surface area contributed by atoms with E-state index in [1.54, 1.807) is 35.8 Å². The zero-order valence-electron chi connectivity index (χ0n) is 13.1. The molecular formula is C18H15N5O. The summed E-state index contributed by atoms with van der Waals surface area (Å²) in [6, 6.07) is 9.48. The average molecular weight is 317 g/mol. The standard InChI is InChI=1S/C18H15N5O/c1-12-11-23(18(24)15-6-3-2-5-14(12)15)13-9-21-17(22-10-13)16-19-7-4-8-20-16/h2-10,12H,11H2,1H3. The minimum absolute atomic E-state index is 0.0176. The smallest absolute Gasteiger partial charge is 0.258 e. The first-order valence-electron chi connectivity index (χ1n) is 7.74. The first-order valence-corrected chi connectivity index (χ1v) is 7.74. The maximum absolute atomic E-state index is 12.8. The highest BCUT2D eigenvalue weighted by atomic mass is 16.2. The lowest BCUT2D eigenvalue weighted by Gasteiger charge is -2.32. The van der Waals surface area contributed by atoms with Crippen LogP contribution in [0.25, 0.3) is 11.6 Å². The zero-order valence-corrected chi connectivity index (χ0v) is 13.1. The van der Waals surface area contributed by atoms with Crippen molar-refractivity contribution in [3.8, 4) is 11.6 Å². The Kier molecular flexibility index (Phi) is 3.49. The van der Waals surface area contributed by atoms with Gasteiger partial charge < -0.3 is 4.90 Å². The van der Waals surface area contributed by atoms with Crippen LogP contribution in [0.1, 0.15) is 28.8 Å². The van der Waals surface area contributed by atoms with Crippen LogP contribution in [0.2, 0.25) is 0 Å². The van der Waals surface area contributed by atoms with E-state index in [0.29, 0.717) is 23.9 Å². The van der Waals surface area contributed by atoms with Gasteiger partial charge in [-0.1, -0.05) is 25.1 Å². The Bertz CT molecular complexity index is 879. The van der Waals surface area contributed by atoms with Crippen molar-refractivity contribution in [1.82, 2.24) is 19.9 Å². The van der Waals surface area contributed by atoms with Gasteiger partial charge in [-0.2, -0.15) is 0 Å². The molecule has 6 nitrogen and oxygen atoms in total. The van der Waals surface area contributed by atoms with Gasteiger partial charge in [-0.05, 0) is 23.6 Å². The molecule has 24 heavy (non-hydrogen) atoms. The van der Waals surface area contributed by atoms with Crippen molar-refractivity contribution in [2.45, 2.75) is 12.8 Å². The number of benzene rings is 1. The van der Waals surface area contributed by atoms with Gasteiger partial charge in [0, 0.05) is 24.5 Å². The highest BCUT2D eigenvalue weighted by Crippen LogP contribution is 2.30. The summed E-state index contributed by atoms with van der Waals surface area (Å²) in [5.74, 6) is 1.15. The number of carbonyl (C=O) groups excluding carboxylic acids is 1. The summed E-state index contributed by atoms with van der Waals surface area (Å²) in [5.41, 5.74) is 2.52. The van der Waals surface area contributed by atoms with Gasteiger partial charge >= 0.3 is 0 Å². The predicted molar refractivity (Wildman–Crippen MR) is 89.6 cm³/mol. The van der Waals surface area contributed by atoms with Gasteiger partial charge in [0.2, 0.25) is 0 Å². The van der Waals surface area contributed by atoms with Crippen LogP contribution in [0.5, 0.6) is 0 Å². The Morgan fingerprint density at radius 3 is 2.38 bits per heavy atom. The van der Waals surface area contributed by atoms with E-state index in [9.17, 15) is 4.79 Å². The molecule has 1 amide bonds. The molecule has 1 aliphatic rings. The molecule has 2 aromatic heterocycles. The molecule has 6 heteroatoms. The van der Waals surface area contributed by atoms with E-state index in [4.69, 9.17) is 0 Å². The van der Waals surface area contributed by atoms with E-state index < -0.39 is 0 Å². The predicted octanol–water partition coefficient (Wildman–Crippen LogP) is 2.70. The highest BCUT2D eigenvalue weighted by molar-refractivity contribution is 6.08. The number of carbonyl (C=O) groups is 1. The number of hydrogen-bond acceptors (Lipinski definition) is 5. The number of amides is 1. The fourth-order valence-corrected chi connectivity index (χ4v) is 2.94. The summed E-state index contributed by atoms with van der Waals surface area (Å²) in [5, 5.41) is 0. The monoisotopic (exact) mass is 317 g/mol. The van der Waals surface area contributed by atoms with E-state index >= 15 is 0 Å². The minimum atomic E-state index is -0.0176. The fourth-order valence-electron chi connectivity index (χ4n) is 2.94. The molecule has 0 aliphatic carbocycles. The lowest BCUT2D eigenvalue weighted by Crippen LogP contribution is -2.39. The fraction of sp³-hybridized carbons (Fsp3) is 0.167. The summed E-state index contributed by atoms with van der Waals surface area (Å²) in [4.78, 5) is 31.4. The molecule has 3 aromatic rings. The third kappa shape index (κ3) is 2.42. The SMILES string of the molecule is CC1CN(c2cnc(-c3ncccn3)nc2)C(=O)c2ccccc21. The second kappa shape index (κ2) is 5.81. The maximum atomic E-state index is 12.8. The zero-order chi connectivity index (χ0) is 16.5. The van der Waals surface area contributed by atoms with Gasteiger partial charge in [-0.3, -0.25) is 4.79 Å². The van der Waals surface area contributed by atoms with Gasteiger partial charge in [-0.15, -0.1) is 0 Å². The van der Waals surface area contributed by atoms with Gasteiger partial charge in [0.1, 0.15) is 0 Å². The Morgan fingerprint density at radius 2 is 1.62 bits per heavy atom. The molecule has 1 atom stereocenters. The molecule has 0 saturated heterocycles. The second-order valence-electron chi connectivity index (χ2n) is 5.74. The molecule has 1 aliphatic heterocycles. The first-order chi connectivity index (χ1) is 11.7. The quantitative estimate of drug-likeness (QED) is 0.726. The molecule has 1 aromatic carbocycles. The Labute approximate surface area is 139 Å². The van der Waals surface area contributed by atoms with E-state index in [2.05, 4.69) is 26.9 Å². The molecule has 1 unspecified atom stereocenters. The van der Waals surface area contributed by atoms with Crippen molar-refractivity contribution in [1.29, 1.82) is 0 Å². The molecule has 0 spiro atoms. The molecule has 118 valence electrons. The van der Waals surface area contributed by atoms with Gasteiger partial charge in [0.05, 0.1) is 18.1 Å². The molecule has 4 rings (SSSR count). The Hall–Kier alpha value is -3.15. The third-order valence-electron chi connectivity index (χ3n) is 4.14. The van der Waals surface area contributed by atoms with Crippen LogP contribution >= 0.6 is 0 Å². The number of rotatable bonds is 2. The van der Waals surface area contributed by atoms with E-state index in [1.807, 2.05) is 24.3 Å². The average Bonchev–Trinajstić information content (AvgIpc) is 2.66.